The minimum atomic E-state index is -0.177. The van der Waals surface area contributed by atoms with Crippen molar-refractivity contribution in [2.45, 2.75) is 40.2 Å². The van der Waals surface area contributed by atoms with Crippen molar-refractivity contribution < 1.29 is 9.21 Å². The first-order valence-electron chi connectivity index (χ1n) is 8.92. The third kappa shape index (κ3) is 6.18. The first-order valence-corrected chi connectivity index (χ1v) is 9.73. The van der Waals surface area contributed by atoms with Gasteiger partial charge < -0.3 is 20.4 Å². The van der Waals surface area contributed by atoms with E-state index in [-0.39, 0.29) is 5.91 Å². The van der Waals surface area contributed by atoms with Crippen molar-refractivity contribution in [1.82, 2.24) is 20.9 Å². The van der Waals surface area contributed by atoms with E-state index in [9.17, 15) is 4.79 Å². The van der Waals surface area contributed by atoms with E-state index in [4.69, 9.17) is 4.42 Å². The number of aromatic nitrogens is 1. The highest BCUT2D eigenvalue weighted by Crippen LogP contribution is 2.13. The average molecular weight is 378 g/mol. The fraction of sp³-hybridized carbons (Fsp3) is 0.500. The number of rotatable bonds is 9. The molecule has 0 atom stereocenters. The molecule has 0 saturated heterocycles. The highest BCUT2D eigenvalue weighted by Gasteiger charge is 2.11. The number of nitrogens with one attached hydrogen (secondary N) is 3. The van der Waals surface area contributed by atoms with Gasteiger partial charge in [0.25, 0.3) is 5.91 Å². The molecule has 142 valence electrons. The van der Waals surface area contributed by atoms with Gasteiger partial charge in [-0.3, -0.25) is 4.79 Å². The molecule has 0 aliphatic carbocycles. The van der Waals surface area contributed by atoms with Crippen LogP contribution in [0.2, 0.25) is 0 Å². The monoisotopic (exact) mass is 377 g/mol. The molecule has 0 bridgehead atoms. The second-order valence-electron chi connectivity index (χ2n) is 5.74. The predicted octanol–water partition coefficient (Wildman–Crippen LogP) is 2.48. The summed E-state index contributed by atoms with van der Waals surface area (Å²) in [5.41, 5.74) is 0.843. The molecule has 2 heterocycles. The smallest absolute Gasteiger partial charge is 0.287 e. The summed E-state index contributed by atoms with van der Waals surface area (Å²) >= 11 is 1.70. The molecule has 0 radical (unpaired) electrons. The SMILES string of the molecule is CCNC(=NCc1ncc(CC)s1)NCCCNC(=O)c1occc1C. The fourth-order valence-corrected chi connectivity index (χ4v) is 3.04. The van der Waals surface area contributed by atoms with Gasteiger partial charge in [-0.25, -0.2) is 9.98 Å². The lowest BCUT2D eigenvalue weighted by atomic mass is 10.2. The molecule has 0 spiro atoms. The van der Waals surface area contributed by atoms with Crippen molar-refractivity contribution in [3.05, 3.63) is 39.7 Å². The molecule has 2 aromatic rings. The van der Waals surface area contributed by atoms with E-state index in [0.29, 0.717) is 25.4 Å². The van der Waals surface area contributed by atoms with Crippen LogP contribution in [0.25, 0.3) is 0 Å². The van der Waals surface area contributed by atoms with Gasteiger partial charge in [0.05, 0.1) is 12.8 Å². The second-order valence-corrected chi connectivity index (χ2v) is 6.94. The zero-order valence-corrected chi connectivity index (χ0v) is 16.4. The quantitative estimate of drug-likeness (QED) is 0.355. The number of carbonyl (C=O) groups is 1. The van der Waals surface area contributed by atoms with Crippen LogP contribution in [0.4, 0.5) is 0 Å². The lowest BCUT2D eigenvalue weighted by Gasteiger charge is -2.11. The molecule has 1 amide bonds. The molecule has 0 aliphatic rings. The van der Waals surface area contributed by atoms with Crippen molar-refractivity contribution in [3.8, 4) is 0 Å². The Morgan fingerprint density at radius 3 is 2.73 bits per heavy atom. The number of thiazole rings is 1. The Morgan fingerprint density at radius 1 is 1.27 bits per heavy atom. The Hall–Kier alpha value is -2.35. The number of hydrogen-bond acceptors (Lipinski definition) is 5. The summed E-state index contributed by atoms with van der Waals surface area (Å²) in [5, 5.41) is 10.4. The van der Waals surface area contributed by atoms with Crippen LogP contribution < -0.4 is 16.0 Å². The first kappa shape index (κ1) is 20.0. The van der Waals surface area contributed by atoms with Crippen LogP contribution in [0.5, 0.6) is 0 Å². The third-order valence-corrected chi connectivity index (χ3v) is 4.79. The van der Waals surface area contributed by atoms with Crippen LogP contribution in [0.3, 0.4) is 0 Å². The molecule has 0 aliphatic heterocycles. The normalized spacial score (nSPS) is 11.4. The Balaban J connectivity index is 1.71. The van der Waals surface area contributed by atoms with Gasteiger partial charge in [0, 0.05) is 36.3 Å². The summed E-state index contributed by atoms with van der Waals surface area (Å²) < 4.78 is 5.18. The zero-order valence-electron chi connectivity index (χ0n) is 15.6. The standard InChI is InChI=1S/C18H27N5O2S/c1-4-14-11-22-15(26-14)12-23-18(19-5-2)21-9-6-8-20-17(24)16-13(3)7-10-25-16/h7,10-11H,4-6,8-9,12H2,1-3H3,(H,20,24)(H2,19,21,23). The molecule has 0 aromatic carbocycles. The highest BCUT2D eigenvalue weighted by molar-refractivity contribution is 7.11. The minimum absolute atomic E-state index is 0.177. The topological polar surface area (TPSA) is 91.5 Å². The van der Waals surface area contributed by atoms with Crippen molar-refractivity contribution in [3.63, 3.8) is 0 Å². The zero-order chi connectivity index (χ0) is 18.8. The van der Waals surface area contributed by atoms with Gasteiger partial charge in [-0.15, -0.1) is 11.3 Å². The van der Waals surface area contributed by atoms with Crippen molar-refractivity contribution >= 4 is 23.2 Å². The average Bonchev–Trinajstić information content (AvgIpc) is 3.27. The fourth-order valence-electron chi connectivity index (χ4n) is 2.26. The number of aryl methyl sites for hydroxylation is 2. The molecular formula is C18H27N5O2S. The molecule has 0 fully saturated rings. The molecule has 7 nitrogen and oxygen atoms in total. The molecule has 2 aromatic heterocycles. The van der Waals surface area contributed by atoms with Gasteiger partial charge in [-0.05, 0) is 32.8 Å². The second kappa shape index (κ2) is 10.6. The predicted molar refractivity (Wildman–Crippen MR) is 105 cm³/mol. The van der Waals surface area contributed by atoms with Crippen LogP contribution in [-0.2, 0) is 13.0 Å². The lowest BCUT2D eigenvalue weighted by Crippen LogP contribution is -2.38. The molecule has 0 saturated carbocycles. The van der Waals surface area contributed by atoms with E-state index >= 15 is 0 Å². The summed E-state index contributed by atoms with van der Waals surface area (Å²) in [6, 6.07) is 1.78. The number of furan rings is 1. The summed E-state index contributed by atoms with van der Waals surface area (Å²) in [7, 11) is 0. The van der Waals surface area contributed by atoms with Crippen LogP contribution in [0, 0.1) is 6.92 Å². The number of guanidine groups is 1. The summed E-state index contributed by atoms with van der Waals surface area (Å²) in [4.78, 5) is 22.2. The number of hydrogen-bond donors (Lipinski definition) is 3. The van der Waals surface area contributed by atoms with E-state index in [2.05, 4.69) is 32.9 Å². The number of amides is 1. The third-order valence-electron chi connectivity index (χ3n) is 3.67. The molecule has 2 rings (SSSR count). The largest absolute Gasteiger partial charge is 0.459 e. The van der Waals surface area contributed by atoms with Crippen LogP contribution >= 0.6 is 11.3 Å². The highest BCUT2D eigenvalue weighted by atomic mass is 32.1. The van der Waals surface area contributed by atoms with Crippen molar-refractivity contribution in [2.75, 3.05) is 19.6 Å². The van der Waals surface area contributed by atoms with Gasteiger partial charge in [0.15, 0.2) is 11.7 Å². The molecule has 8 heteroatoms. The van der Waals surface area contributed by atoms with Crippen molar-refractivity contribution in [2.24, 2.45) is 4.99 Å². The van der Waals surface area contributed by atoms with Gasteiger partial charge in [-0.2, -0.15) is 0 Å². The van der Waals surface area contributed by atoms with Gasteiger partial charge in [0.2, 0.25) is 0 Å². The van der Waals surface area contributed by atoms with Gasteiger partial charge >= 0.3 is 0 Å². The molecule has 3 N–H and O–H groups in total. The Bertz CT molecular complexity index is 723. The maximum Gasteiger partial charge on any atom is 0.287 e. The van der Waals surface area contributed by atoms with E-state index < -0.39 is 0 Å². The van der Waals surface area contributed by atoms with Crippen LogP contribution in [0.15, 0.2) is 27.9 Å². The summed E-state index contributed by atoms with van der Waals surface area (Å²) in [5.74, 6) is 0.959. The first-order chi connectivity index (χ1) is 12.6. The van der Waals surface area contributed by atoms with Crippen LogP contribution in [0.1, 0.15) is 46.3 Å². The Morgan fingerprint density at radius 2 is 2.08 bits per heavy atom. The van der Waals surface area contributed by atoms with E-state index in [0.717, 1.165) is 35.9 Å². The Labute approximate surface area is 158 Å². The molecular weight excluding hydrogens is 350 g/mol. The molecule has 0 unspecified atom stereocenters. The van der Waals surface area contributed by atoms with Crippen molar-refractivity contribution in [1.29, 1.82) is 0 Å². The summed E-state index contributed by atoms with van der Waals surface area (Å²) in [6.07, 6.45) is 5.23. The number of aliphatic imine (C=N–C) groups is 1. The molecule has 26 heavy (non-hydrogen) atoms. The van der Waals surface area contributed by atoms with Gasteiger partial charge in [-0.1, -0.05) is 6.92 Å². The number of carbonyl (C=O) groups excluding carboxylic acids is 1. The minimum Gasteiger partial charge on any atom is -0.459 e. The van der Waals surface area contributed by atoms with E-state index in [1.54, 1.807) is 17.4 Å². The Kier molecular flexibility index (Phi) is 8.14. The maximum absolute atomic E-state index is 11.9. The summed E-state index contributed by atoms with van der Waals surface area (Å²) in [6.45, 7) is 8.64. The number of nitrogens with zero attached hydrogens (tertiary/aromatic N) is 2. The maximum atomic E-state index is 11.9. The van der Waals surface area contributed by atoms with E-state index in [1.165, 1.54) is 11.1 Å². The van der Waals surface area contributed by atoms with Crippen LogP contribution in [-0.4, -0.2) is 36.5 Å². The van der Waals surface area contributed by atoms with Gasteiger partial charge in [0.1, 0.15) is 5.01 Å². The van der Waals surface area contributed by atoms with E-state index in [1.807, 2.05) is 20.0 Å². The lowest BCUT2D eigenvalue weighted by molar-refractivity contribution is 0.0925.